The van der Waals surface area contributed by atoms with Crippen molar-refractivity contribution in [3.63, 3.8) is 0 Å². The Morgan fingerprint density at radius 3 is 2.38 bits per heavy atom. The van der Waals surface area contributed by atoms with E-state index in [4.69, 9.17) is 9.47 Å². The molecular formula is C24H20BrN3O3S. The molecule has 0 N–H and O–H groups in total. The Morgan fingerprint density at radius 2 is 1.72 bits per heavy atom. The molecule has 0 aliphatic heterocycles. The summed E-state index contributed by atoms with van der Waals surface area (Å²) in [6, 6.07) is 18.7. The number of hydrazone groups is 1. The van der Waals surface area contributed by atoms with Crippen molar-refractivity contribution < 1.29 is 14.3 Å². The summed E-state index contributed by atoms with van der Waals surface area (Å²) in [7, 11) is 3.09. The highest BCUT2D eigenvalue weighted by Crippen LogP contribution is 2.33. The normalized spacial score (nSPS) is 11.1. The number of fused-ring (bicyclic) bond motifs is 1. The summed E-state index contributed by atoms with van der Waals surface area (Å²) in [5.74, 6) is 0.690. The van der Waals surface area contributed by atoms with Gasteiger partial charge >= 0.3 is 0 Å². The fourth-order valence-corrected chi connectivity index (χ4v) is 4.47. The van der Waals surface area contributed by atoms with Crippen LogP contribution in [0.4, 0.5) is 5.13 Å². The molecule has 4 rings (SSSR count). The lowest BCUT2D eigenvalue weighted by molar-refractivity contribution is 0.0987. The topological polar surface area (TPSA) is 64.0 Å². The van der Waals surface area contributed by atoms with E-state index >= 15 is 0 Å². The van der Waals surface area contributed by atoms with Gasteiger partial charge in [-0.25, -0.2) is 4.98 Å². The van der Waals surface area contributed by atoms with Crippen LogP contribution >= 0.6 is 27.3 Å². The number of hydrogen-bond donors (Lipinski definition) is 0. The summed E-state index contributed by atoms with van der Waals surface area (Å²) in [5.41, 5.74) is 3.19. The molecule has 4 aromatic rings. The molecule has 3 aromatic carbocycles. The monoisotopic (exact) mass is 509 g/mol. The van der Waals surface area contributed by atoms with Crippen molar-refractivity contribution in [2.75, 3.05) is 19.2 Å². The summed E-state index contributed by atoms with van der Waals surface area (Å²) in [5, 5.41) is 6.29. The first-order chi connectivity index (χ1) is 15.5. The number of benzene rings is 3. The number of ether oxygens (including phenoxy) is 2. The third-order valence-electron chi connectivity index (χ3n) is 4.71. The molecule has 0 aliphatic rings. The van der Waals surface area contributed by atoms with Crippen LogP contribution in [-0.4, -0.2) is 31.3 Å². The summed E-state index contributed by atoms with van der Waals surface area (Å²) >= 11 is 4.87. The third-order valence-corrected chi connectivity index (χ3v) is 6.20. The van der Waals surface area contributed by atoms with Crippen molar-refractivity contribution in [3.05, 3.63) is 81.8 Å². The summed E-state index contributed by atoms with van der Waals surface area (Å²) in [6.07, 6.45) is 1.65. The predicted octanol–water partition coefficient (Wildman–Crippen LogP) is 6.07. The van der Waals surface area contributed by atoms with Crippen molar-refractivity contribution >= 4 is 54.7 Å². The van der Waals surface area contributed by atoms with Crippen molar-refractivity contribution in [1.82, 2.24) is 4.98 Å². The van der Waals surface area contributed by atoms with Crippen LogP contribution in [-0.2, 0) is 0 Å². The molecule has 32 heavy (non-hydrogen) atoms. The lowest BCUT2D eigenvalue weighted by Gasteiger charge is -2.15. The van der Waals surface area contributed by atoms with E-state index < -0.39 is 0 Å². The zero-order valence-corrected chi connectivity index (χ0v) is 20.1. The number of carbonyl (C=O) groups excluding carboxylic acids is 1. The number of aryl methyl sites for hydroxylation is 1. The molecule has 0 saturated heterocycles. The Hall–Kier alpha value is -3.23. The van der Waals surface area contributed by atoms with Gasteiger partial charge in [-0.1, -0.05) is 57.1 Å². The van der Waals surface area contributed by atoms with Gasteiger partial charge in [-0.05, 0) is 42.8 Å². The van der Waals surface area contributed by atoms with E-state index in [0.717, 1.165) is 25.8 Å². The number of aromatic nitrogens is 1. The van der Waals surface area contributed by atoms with Gasteiger partial charge in [0.15, 0.2) is 0 Å². The smallest absolute Gasteiger partial charge is 0.281 e. The summed E-state index contributed by atoms with van der Waals surface area (Å²) in [6.45, 7) is 2.02. The van der Waals surface area contributed by atoms with Crippen LogP contribution in [0.5, 0.6) is 11.5 Å². The highest BCUT2D eigenvalue weighted by Gasteiger charge is 2.22. The molecule has 8 heteroatoms. The Balaban J connectivity index is 1.78. The van der Waals surface area contributed by atoms with Crippen molar-refractivity contribution in [2.45, 2.75) is 6.92 Å². The first-order valence-electron chi connectivity index (χ1n) is 9.71. The van der Waals surface area contributed by atoms with E-state index in [2.05, 4.69) is 26.0 Å². The molecule has 1 amide bonds. The van der Waals surface area contributed by atoms with Gasteiger partial charge in [-0.3, -0.25) is 4.79 Å². The second-order valence-electron chi connectivity index (χ2n) is 6.98. The van der Waals surface area contributed by atoms with Crippen LogP contribution in [0.25, 0.3) is 10.2 Å². The number of nitrogens with zero attached hydrogens (tertiary/aromatic N) is 3. The molecule has 1 aromatic heterocycles. The van der Waals surface area contributed by atoms with Gasteiger partial charge in [-0.2, -0.15) is 10.1 Å². The highest BCUT2D eigenvalue weighted by atomic mass is 79.9. The van der Waals surface area contributed by atoms with Crippen LogP contribution in [0.15, 0.2) is 70.2 Å². The molecule has 1 heterocycles. The average Bonchev–Trinajstić information content (AvgIpc) is 3.22. The van der Waals surface area contributed by atoms with Crippen molar-refractivity contribution in [3.8, 4) is 11.5 Å². The molecule has 0 unspecified atom stereocenters. The van der Waals surface area contributed by atoms with Gasteiger partial charge in [0.25, 0.3) is 5.91 Å². The van der Waals surface area contributed by atoms with Crippen molar-refractivity contribution in [2.24, 2.45) is 5.10 Å². The van der Waals surface area contributed by atoms with E-state index in [-0.39, 0.29) is 5.91 Å². The van der Waals surface area contributed by atoms with E-state index in [0.29, 0.717) is 22.2 Å². The minimum atomic E-state index is -0.344. The van der Waals surface area contributed by atoms with E-state index in [9.17, 15) is 4.79 Å². The number of carbonyl (C=O) groups is 1. The first kappa shape index (κ1) is 22.0. The van der Waals surface area contributed by atoms with Crippen LogP contribution < -0.4 is 14.5 Å². The van der Waals surface area contributed by atoms with E-state index in [1.165, 1.54) is 16.3 Å². The van der Waals surface area contributed by atoms with Crippen molar-refractivity contribution in [1.29, 1.82) is 0 Å². The third kappa shape index (κ3) is 4.81. The molecule has 6 nitrogen and oxygen atoms in total. The first-order valence-corrected chi connectivity index (χ1v) is 11.3. The molecule has 0 atom stereocenters. The fourth-order valence-electron chi connectivity index (χ4n) is 3.00. The largest absolute Gasteiger partial charge is 0.497 e. The number of rotatable bonds is 6. The molecule has 0 radical (unpaired) electrons. The minimum Gasteiger partial charge on any atom is -0.497 e. The standard InChI is InChI=1S/C24H20BrN3O3S/c1-15-4-6-16(7-5-15)14-26-28(24-27-21-9-8-18(25)12-22(21)32-24)23(29)17-10-19(30-2)13-20(11-17)31-3/h4-14H,1-3H3/b26-14+. The van der Waals surface area contributed by atoms with Gasteiger partial charge < -0.3 is 9.47 Å². The molecule has 162 valence electrons. The SMILES string of the molecule is COc1cc(OC)cc(C(=O)N(/N=C/c2ccc(C)cc2)c2nc3ccc(Br)cc3s2)c1. The van der Waals surface area contributed by atoms with Crippen LogP contribution in [0.2, 0.25) is 0 Å². The van der Waals surface area contributed by atoms with Gasteiger partial charge in [0.05, 0.1) is 30.7 Å². The average molecular weight is 510 g/mol. The maximum Gasteiger partial charge on any atom is 0.281 e. The maximum atomic E-state index is 13.6. The summed E-state index contributed by atoms with van der Waals surface area (Å²) in [4.78, 5) is 18.2. The second kappa shape index (κ2) is 9.50. The molecule has 0 saturated carbocycles. The molecule has 0 bridgehead atoms. The highest BCUT2D eigenvalue weighted by molar-refractivity contribution is 9.10. The fraction of sp³-hybridized carbons (Fsp3) is 0.125. The van der Waals surface area contributed by atoms with E-state index in [1.54, 1.807) is 38.6 Å². The zero-order valence-electron chi connectivity index (χ0n) is 17.7. The maximum absolute atomic E-state index is 13.6. The number of amides is 1. The quantitative estimate of drug-likeness (QED) is 0.234. The number of methoxy groups -OCH3 is 2. The number of anilines is 1. The van der Waals surface area contributed by atoms with Gasteiger partial charge in [0.2, 0.25) is 5.13 Å². The minimum absolute atomic E-state index is 0.344. The predicted molar refractivity (Wildman–Crippen MR) is 132 cm³/mol. The van der Waals surface area contributed by atoms with Gasteiger partial charge in [-0.15, -0.1) is 0 Å². The Bertz CT molecular complexity index is 1280. The molecule has 0 spiro atoms. The van der Waals surface area contributed by atoms with Crippen LogP contribution in [0.1, 0.15) is 21.5 Å². The Morgan fingerprint density at radius 1 is 1.03 bits per heavy atom. The Labute approximate surface area is 198 Å². The second-order valence-corrected chi connectivity index (χ2v) is 8.91. The lowest BCUT2D eigenvalue weighted by Crippen LogP contribution is -2.25. The lowest BCUT2D eigenvalue weighted by atomic mass is 10.2. The molecular weight excluding hydrogens is 490 g/mol. The number of halogens is 1. The van der Waals surface area contributed by atoms with Crippen LogP contribution in [0.3, 0.4) is 0 Å². The van der Waals surface area contributed by atoms with Crippen LogP contribution in [0, 0.1) is 6.92 Å². The summed E-state index contributed by atoms with van der Waals surface area (Å²) < 4.78 is 12.5. The zero-order chi connectivity index (χ0) is 22.7. The molecule has 0 aliphatic carbocycles. The number of hydrogen-bond acceptors (Lipinski definition) is 6. The molecule has 0 fully saturated rings. The van der Waals surface area contributed by atoms with E-state index in [1.807, 2.05) is 49.4 Å². The number of thiazole rings is 1. The van der Waals surface area contributed by atoms with Gasteiger partial charge in [0, 0.05) is 16.1 Å². The Kier molecular flexibility index (Phi) is 6.53. The van der Waals surface area contributed by atoms with Gasteiger partial charge in [0.1, 0.15) is 11.5 Å².